The Morgan fingerprint density at radius 3 is 1.61 bits per heavy atom. The minimum atomic E-state index is 0.342. The van der Waals surface area contributed by atoms with E-state index in [1.165, 1.54) is 11.1 Å². The maximum atomic E-state index is 5.60. The minimum absolute atomic E-state index is 0.342. The summed E-state index contributed by atoms with van der Waals surface area (Å²) in [4.78, 5) is 0. The number of nitrogens with one attached hydrogen (secondary N) is 2. The third kappa shape index (κ3) is 5.14. The molecule has 0 amide bonds. The summed E-state index contributed by atoms with van der Waals surface area (Å²) in [5.74, 6) is 0. The van der Waals surface area contributed by atoms with Crippen molar-refractivity contribution >= 4 is 0 Å². The van der Waals surface area contributed by atoms with E-state index in [9.17, 15) is 0 Å². The lowest BCUT2D eigenvalue weighted by Gasteiger charge is -2.16. The minimum Gasteiger partial charge on any atom is -0.329 e. The van der Waals surface area contributed by atoms with Gasteiger partial charge in [-0.05, 0) is 25.0 Å². The zero-order chi connectivity index (χ0) is 13.4. The number of benzene rings is 1. The van der Waals surface area contributed by atoms with Crippen LogP contribution >= 0.6 is 0 Å². The van der Waals surface area contributed by atoms with Crippen molar-refractivity contribution in [1.82, 2.24) is 10.6 Å². The largest absolute Gasteiger partial charge is 0.329 e. The second-order valence-electron chi connectivity index (χ2n) is 4.80. The maximum absolute atomic E-state index is 5.60. The van der Waals surface area contributed by atoms with Crippen LogP contribution in [-0.2, 0) is 13.1 Å². The first-order valence-corrected chi connectivity index (χ1v) is 6.61. The molecule has 4 nitrogen and oxygen atoms in total. The fourth-order valence-corrected chi connectivity index (χ4v) is 1.64. The van der Waals surface area contributed by atoms with Gasteiger partial charge in [0.05, 0.1) is 0 Å². The van der Waals surface area contributed by atoms with E-state index in [4.69, 9.17) is 11.5 Å². The Morgan fingerprint density at radius 1 is 0.889 bits per heavy atom. The van der Waals surface area contributed by atoms with E-state index in [0.717, 1.165) is 13.1 Å². The Bertz CT molecular complexity index is 307. The maximum Gasteiger partial charge on any atom is 0.0211 e. The van der Waals surface area contributed by atoms with Gasteiger partial charge in [-0.15, -0.1) is 0 Å². The van der Waals surface area contributed by atoms with Crippen LogP contribution in [0, 0.1) is 0 Å². The van der Waals surface area contributed by atoms with Crippen molar-refractivity contribution in [2.75, 3.05) is 13.1 Å². The van der Waals surface area contributed by atoms with Gasteiger partial charge in [0, 0.05) is 38.3 Å². The van der Waals surface area contributed by atoms with Crippen LogP contribution in [0.15, 0.2) is 24.3 Å². The van der Waals surface area contributed by atoms with Crippen LogP contribution in [0.4, 0.5) is 0 Å². The summed E-state index contributed by atoms with van der Waals surface area (Å²) >= 11 is 0. The molecule has 0 saturated heterocycles. The summed E-state index contributed by atoms with van der Waals surface area (Å²) in [7, 11) is 0. The molecule has 102 valence electrons. The number of rotatable bonds is 8. The van der Waals surface area contributed by atoms with Crippen molar-refractivity contribution in [3.63, 3.8) is 0 Å². The highest BCUT2D eigenvalue weighted by Crippen LogP contribution is 2.08. The van der Waals surface area contributed by atoms with Gasteiger partial charge in [0.2, 0.25) is 0 Å². The predicted molar refractivity (Wildman–Crippen MR) is 77.2 cm³/mol. The highest BCUT2D eigenvalue weighted by Gasteiger charge is 2.05. The highest BCUT2D eigenvalue weighted by atomic mass is 14.9. The molecule has 2 atom stereocenters. The van der Waals surface area contributed by atoms with Gasteiger partial charge < -0.3 is 22.1 Å². The van der Waals surface area contributed by atoms with E-state index in [1.54, 1.807) is 0 Å². The summed E-state index contributed by atoms with van der Waals surface area (Å²) in [6, 6.07) is 9.13. The first-order chi connectivity index (χ1) is 8.67. The highest BCUT2D eigenvalue weighted by molar-refractivity contribution is 5.27. The Kier molecular flexibility index (Phi) is 6.90. The SMILES string of the molecule is CC(CN)NCc1ccccc1CNC(C)CN. The number of hydrogen-bond donors (Lipinski definition) is 4. The third-order valence-electron chi connectivity index (χ3n) is 3.11. The Balaban J connectivity index is 2.56. The van der Waals surface area contributed by atoms with Gasteiger partial charge in [0.15, 0.2) is 0 Å². The zero-order valence-electron chi connectivity index (χ0n) is 11.4. The quantitative estimate of drug-likeness (QED) is 0.544. The molecule has 18 heavy (non-hydrogen) atoms. The van der Waals surface area contributed by atoms with Crippen molar-refractivity contribution in [1.29, 1.82) is 0 Å². The topological polar surface area (TPSA) is 76.1 Å². The summed E-state index contributed by atoms with van der Waals surface area (Å²) in [6.45, 7) is 7.21. The molecule has 2 unspecified atom stereocenters. The van der Waals surface area contributed by atoms with E-state index in [0.29, 0.717) is 25.2 Å². The lowest BCUT2D eigenvalue weighted by molar-refractivity contribution is 0.538. The Labute approximate surface area is 110 Å². The summed E-state index contributed by atoms with van der Waals surface area (Å²) < 4.78 is 0. The first-order valence-electron chi connectivity index (χ1n) is 6.61. The van der Waals surface area contributed by atoms with Gasteiger partial charge in [0.1, 0.15) is 0 Å². The molecule has 0 fully saturated rings. The fourth-order valence-electron chi connectivity index (χ4n) is 1.64. The molecular formula is C14H26N4. The lowest BCUT2D eigenvalue weighted by Crippen LogP contribution is -2.34. The Morgan fingerprint density at radius 2 is 1.28 bits per heavy atom. The van der Waals surface area contributed by atoms with Crippen LogP contribution in [0.5, 0.6) is 0 Å². The molecule has 0 aliphatic rings. The van der Waals surface area contributed by atoms with Crippen molar-refractivity contribution in [3.05, 3.63) is 35.4 Å². The van der Waals surface area contributed by atoms with Gasteiger partial charge in [-0.3, -0.25) is 0 Å². The smallest absolute Gasteiger partial charge is 0.0211 e. The van der Waals surface area contributed by atoms with Gasteiger partial charge in [-0.25, -0.2) is 0 Å². The van der Waals surface area contributed by atoms with E-state index < -0.39 is 0 Å². The molecule has 1 aromatic carbocycles. The summed E-state index contributed by atoms with van der Waals surface area (Å²) in [5, 5.41) is 6.83. The molecule has 0 heterocycles. The first kappa shape index (κ1) is 15.1. The van der Waals surface area contributed by atoms with Crippen LogP contribution in [0.2, 0.25) is 0 Å². The van der Waals surface area contributed by atoms with Gasteiger partial charge in [-0.2, -0.15) is 0 Å². The van der Waals surface area contributed by atoms with E-state index in [2.05, 4.69) is 48.7 Å². The molecule has 0 radical (unpaired) electrons. The molecule has 0 spiro atoms. The standard InChI is InChI=1S/C14H26N4/c1-11(7-15)17-9-13-5-3-4-6-14(13)10-18-12(2)8-16/h3-6,11-12,17-18H,7-10,15-16H2,1-2H3. The van der Waals surface area contributed by atoms with Crippen LogP contribution < -0.4 is 22.1 Å². The van der Waals surface area contributed by atoms with E-state index in [-0.39, 0.29) is 0 Å². The molecule has 1 aromatic rings. The molecule has 0 aliphatic carbocycles. The Hall–Kier alpha value is -0.940. The second-order valence-corrected chi connectivity index (χ2v) is 4.80. The molecule has 0 bridgehead atoms. The van der Waals surface area contributed by atoms with Crippen molar-refractivity contribution in [3.8, 4) is 0 Å². The molecule has 0 aliphatic heterocycles. The molecule has 0 saturated carbocycles. The van der Waals surface area contributed by atoms with E-state index in [1.807, 2.05) is 0 Å². The lowest BCUT2D eigenvalue weighted by atomic mass is 10.1. The second kappa shape index (κ2) is 8.21. The summed E-state index contributed by atoms with van der Waals surface area (Å²) in [5.41, 5.74) is 13.8. The third-order valence-corrected chi connectivity index (χ3v) is 3.11. The molecule has 4 heteroatoms. The van der Waals surface area contributed by atoms with Crippen LogP contribution in [0.25, 0.3) is 0 Å². The van der Waals surface area contributed by atoms with Gasteiger partial charge in [-0.1, -0.05) is 24.3 Å². The number of hydrogen-bond acceptors (Lipinski definition) is 4. The predicted octanol–water partition coefficient (Wildman–Crippen LogP) is 0.560. The number of nitrogens with two attached hydrogens (primary N) is 2. The van der Waals surface area contributed by atoms with E-state index >= 15 is 0 Å². The normalized spacial score (nSPS) is 14.4. The molecule has 6 N–H and O–H groups in total. The van der Waals surface area contributed by atoms with Crippen LogP contribution in [0.3, 0.4) is 0 Å². The molecular weight excluding hydrogens is 224 g/mol. The van der Waals surface area contributed by atoms with Crippen LogP contribution in [0.1, 0.15) is 25.0 Å². The zero-order valence-corrected chi connectivity index (χ0v) is 11.4. The van der Waals surface area contributed by atoms with Crippen molar-refractivity contribution < 1.29 is 0 Å². The van der Waals surface area contributed by atoms with Crippen molar-refractivity contribution in [2.24, 2.45) is 11.5 Å². The molecule has 0 aromatic heterocycles. The average molecular weight is 250 g/mol. The monoisotopic (exact) mass is 250 g/mol. The van der Waals surface area contributed by atoms with Gasteiger partial charge in [0.25, 0.3) is 0 Å². The summed E-state index contributed by atoms with van der Waals surface area (Å²) in [6.07, 6.45) is 0. The average Bonchev–Trinajstić information content (AvgIpc) is 2.42. The fraction of sp³-hybridized carbons (Fsp3) is 0.571. The van der Waals surface area contributed by atoms with Crippen molar-refractivity contribution in [2.45, 2.75) is 39.0 Å². The van der Waals surface area contributed by atoms with Crippen LogP contribution in [-0.4, -0.2) is 25.2 Å². The van der Waals surface area contributed by atoms with Gasteiger partial charge >= 0.3 is 0 Å². The molecule has 1 rings (SSSR count).